The Kier molecular flexibility index (Phi) is 2.37. The van der Waals surface area contributed by atoms with Gasteiger partial charge in [0.2, 0.25) is 5.82 Å². The molecule has 4 aromatic rings. The Morgan fingerprint density at radius 2 is 2.15 bits per heavy atom. The van der Waals surface area contributed by atoms with Gasteiger partial charge in [-0.2, -0.15) is 4.52 Å². The third kappa shape index (κ3) is 1.70. The van der Waals surface area contributed by atoms with E-state index < -0.39 is 0 Å². The summed E-state index contributed by atoms with van der Waals surface area (Å²) in [6.07, 6.45) is 1.60. The SMILES string of the molecule is Nc1cc(-c2cccs2)cc2nc(-c3ccco3)nn12. The Bertz CT molecular complexity index is 862. The Labute approximate surface area is 118 Å². The van der Waals surface area contributed by atoms with E-state index in [0.717, 1.165) is 10.4 Å². The molecular formula is C14H10N4OS. The van der Waals surface area contributed by atoms with Crippen LogP contribution >= 0.6 is 11.3 Å². The van der Waals surface area contributed by atoms with E-state index in [1.54, 1.807) is 22.1 Å². The minimum absolute atomic E-state index is 0.532. The van der Waals surface area contributed by atoms with Crippen molar-refractivity contribution in [3.63, 3.8) is 0 Å². The summed E-state index contributed by atoms with van der Waals surface area (Å²) >= 11 is 1.67. The van der Waals surface area contributed by atoms with Crippen LogP contribution in [0.5, 0.6) is 0 Å². The second-order valence-corrected chi connectivity index (χ2v) is 5.28. The minimum atomic E-state index is 0.532. The molecule has 0 saturated heterocycles. The van der Waals surface area contributed by atoms with E-state index in [2.05, 4.69) is 16.1 Å². The molecule has 0 aliphatic carbocycles. The van der Waals surface area contributed by atoms with Crippen LogP contribution in [0.4, 0.5) is 5.82 Å². The fourth-order valence-corrected chi connectivity index (χ4v) is 2.82. The van der Waals surface area contributed by atoms with Crippen molar-refractivity contribution in [2.45, 2.75) is 0 Å². The number of nitrogen functional groups attached to an aromatic ring is 1. The number of fused-ring (bicyclic) bond motifs is 1. The first-order valence-corrected chi connectivity index (χ1v) is 6.93. The Hall–Kier alpha value is -2.60. The number of thiophene rings is 1. The topological polar surface area (TPSA) is 69.3 Å². The zero-order valence-electron chi connectivity index (χ0n) is 10.4. The van der Waals surface area contributed by atoms with Crippen LogP contribution in [0.15, 0.2) is 52.5 Å². The molecule has 0 spiro atoms. The molecule has 0 unspecified atom stereocenters. The smallest absolute Gasteiger partial charge is 0.217 e. The summed E-state index contributed by atoms with van der Waals surface area (Å²) in [5, 5.41) is 6.40. The molecule has 0 fully saturated rings. The number of nitrogens with two attached hydrogens (primary N) is 1. The Balaban J connectivity index is 1.92. The van der Waals surface area contributed by atoms with E-state index >= 15 is 0 Å². The van der Waals surface area contributed by atoms with E-state index in [1.807, 2.05) is 35.7 Å². The van der Waals surface area contributed by atoms with Crippen molar-refractivity contribution in [2.24, 2.45) is 0 Å². The molecular weight excluding hydrogens is 272 g/mol. The number of hydrogen-bond acceptors (Lipinski definition) is 5. The van der Waals surface area contributed by atoms with Crippen LogP contribution in [0.25, 0.3) is 27.7 Å². The van der Waals surface area contributed by atoms with Gasteiger partial charge in [-0.1, -0.05) is 6.07 Å². The highest BCUT2D eigenvalue weighted by Crippen LogP contribution is 2.28. The van der Waals surface area contributed by atoms with Gasteiger partial charge in [-0.25, -0.2) is 4.98 Å². The number of nitrogens with zero attached hydrogens (tertiary/aromatic N) is 3. The van der Waals surface area contributed by atoms with Gasteiger partial charge in [0.15, 0.2) is 11.4 Å². The van der Waals surface area contributed by atoms with Gasteiger partial charge in [0.1, 0.15) is 5.82 Å². The first-order valence-electron chi connectivity index (χ1n) is 6.05. The van der Waals surface area contributed by atoms with Gasteiger partial charge in [-0.05, 0) is 41.3 Å². The lowest BCUT2D eigenvalue weighted by Crippen LogP contribution is -1.98. The summed E-state index contributed by atoms with van der Waals surface area (Å²) in [5.74, 6) is 1.71. The van der Waals surface area contributed by atoms with Gasteiger partial charge >= 0.3 is 0 Å². The van der Waals surface area contributed by atoms with Crippen molar-refractivity contribution in [1.29, 1.82) is 0 Å². The maximum absolute atomic E-state index is 6.06. The van der Waals surface area contributed by atoms with E-state index in [1.165, 1.54) is 0 Å². The second kappa shape index (κ2) is 4.21. The molecule has 4 aromatic heterocycles. The van der Waals surface area contributed by atoms with E-state index in [4.69, 9.17) is 10.2 Å². The number of furan rings is 1. The summed E-state index contributed by atoms with van der Waals surface area (Å²) < 4.78 is 6.93. The van der Waals surface area contributed by atoms with Gasteiger partial charge in [0.05, 0.1) is 6.26 Å². The van der Waals surface area contributed by atoms with E-state index in [0.29, 0.717) is 23.0 Å². The molecule has 0 saturated carbocycles. The van der Waals surface area contributed by atoms with Gasteiger partial charge in [-0.3, -0.25) is 0 Å². The van der Waals surface area contributed by atoms with Gasteiger partial charge in [-0.15, -0.1) is 16.4 Å². The molecule has 0 bridgehead atoms. The maximum Gasteiger partial charge on any atom is 0.217 e. The normalized spacial score (nSPS) is 11.2. The lowest BCUT2D eigenvalue weighted by molar-refractivity contribution is 0.577. The highest BCUT2D eigenvalue weighted by molar-refractivity contribution is 7.13. The summed E-state index contributed by atoms with van der Waals surface area (Å²) in [4.78, 5) is 5.62. The van der Waals surface area contributed by atoms with Crippen molar-refractivity contribution in [3.05, 3.63) is 48.0 Å². The third-order valence-corrected chi connectivity index (χ3v) is 3.93. The van der Waals surface area contributed by atoms with Crippen molar-refractivity contribution >= 4 is 22.8 Å². The maximum atomic E-state index is 6.06. The lowest BCUT2D eigenvalue weighted by Gasteiger charge is -2.01. The minimum Gasteiger partial charge on any atom is -0.461 e. The highest BCUT2D eigenvalue weighted by atomic mass is 32.1. The molecule has 6 heteroatoms. The molecule has 5 nitrogen and oxygen atoms in total. The van der Waals surface area contributed by atoms with Crippen LogP contribution in [0, 0.1) is 0 Å². The van der Waals surface area contributed by atoms with Crippen LogP contribution < -0.4 is 5.73 Å². The zero-order valence-corrected chi connectivity index (χ0v) is 11.2. The summed E-state index contributed by atoms with van der Waals surface area (Å²) in [6.45, 7) is 0. The average molecular weight is 282 g/mol. The standard InChI is InChI=1S/C14H10N4OS/c15-12-7-9(11-4-2-6-20-11)8-13-16-14(17-18(12)13)10-3-1-5-19-10/h1-8H,15H2. The van der Waals surface area contributed by atoms with Crippen LogP contribution in [0.2, 0.25) is 0 Å². The summed E-state index contributed by atoms with van der Waals surface area (Å²) in [6, 6.07) is 11.6. The van der Waals surface area contributed by atoms with Crippen molar-refractivity contribution < 1.29 is 4.42 Å². The molecule has 4 rings (SSSR count). The highest BCUT2D eigenvalue weighted by Gasteiger charge is 2.12. The number of anilines is 1. The first kappa shape index (κ1) is 11.2. The number of rotatable bonds is 2. The van der Waals surface area contributed by atoms with Crippen LogP contribution in [-0.2, 0) is 0 Å². The Morgan fingerprint density at radius 3 is 2.90 bits per heavy atom. The van der Waals surface area contributed by atoms with Crippen LogP contribution in [-0.4, -0.2) is 14.6 Å². The van der Waals surface area contributed by atoms with E-state index in [-0.39, 0.29) is 0 Å². The molecule has 4 heterocycles. The summed E-state index contributed by atoms with van der Waals surface area (Å²) in [5.41, 5.74) is 7.82. The fourth-order valence-electron chi connectivity index (χ4n) is 2.10. The Morgan fingerprint density at radius 1 is 1.20 bits per heavy atom. The third-order valence-electron chi connectivity index (χ3n) is 3.01. The molecule has 0 atom stereocenters. The average Bonchev–Trinajstić information content (AvgIpc) is 3.19. The van der Waals surface area contributed by atoms with E-state index in [9.17, 15) is 0 Å². The predicted molar refractivity (Wildman–Crippen MR) is 78.4 cm³/mol. The number of aromatic nitrogens is 3. The largest absolute Gasteiger partial charge is 0.461 e. The zero-order chi connectivity index (χ0) is 13.5. The molecule has 0 aromatic carbocycles. The lowest BCUT2D eigenvalue weighted by atomic mass is 10.2. The monoisotopic (exact) mass is 282 g/mol. The van der Waals surface area contributed by atoms with Crippen LogP contribution in [0.1, 0.15) is 0 Å². The molecule has 0 aliphatic heterocycles. The fraction of sp³-hybridized carbons (Fsp3) is 0. The number of pyridine rings is 1. The molecule has 0 amide bonds. The van der Waals surface area contributed by atoms with Crippen molar-refractivity contribution in [2.75, 3.05) is 5.73 Å². The van der Waals surface area contributed by atoms with Crippen LogP contribution in [0.3, 0.4) is 0 Å². The molecule has 20 heavy (non-hydrogen) atoms. The number of hydrogen-bond donors (Lipinski definition) is 1. The van der Waals surface area contributed by atoms with Gasteiger partial charge in [0.25, 0.3) is 0 Å². The molecule has 98 valence electrons. The molecule has 0 radical (unpaired) electrons. The van der Waals surface area contributed by atoms with Crippen molar-refractivity contribution in [3.8, 4) is 22.0 Å². The van der Waals surface area contributed by atoms with Gasteiger partial charge in [0, 0.05) is 4.88 Å². The quantitative estimate of drug-likeness (QED) is 0.612. The second-order valence-electron chi connectivity index (χ2n) is 4.33. The molecule has 0 aliphatic rings. The van der Waals surface area contributed by atoms with Crippen molar-refractivity contribution in [1.82, 2.24) is 14.6 Å². The predicted octanol–water partition coefficient (Wildman–Crippen LogP) is 3.30. The first-order chi connectivity index (χ1) is 9.81. The summed E-state index contributed by atoms with van der Waals surface area (Å²) in [7, 11) is 0. The van der Waals surface area contributed by atoms with Gasteiger partial charge < -0.3 is 10.2 Å². The molecule has 2 N–H and O–H groups in total.